The number of rotatable bonds is 6. The normalized spacial score (nSPS) is 12.0. The molecule has 32 heavy (non-hydrogen) atoms. The van der Waals surface area contributed by atoms with E-state index in [1.807, 2.05) is 49.5 Å². The van der Waals surface area contributed by atoms with Gasteiger partial charge in [-0.05, 0) is 43.5 Å². The summed E-state index contributed by atoms with van der Waals surface area (Å²) in [4.78, 5) is 19.2. The molecule has 0 aliphatic carbocycles. The zero-order valence-corrected chi connectivity index (χ0v) is 18.2. The lowest BCUT2D eigenvalue weighted by atomic mass is 10.1. The molecule has 0 aliphatic rings. The highest BCUT2D eigenvalue weighted by atomic mass is 16.6. The third-order valence-corrected chi connectivity index (χ3v) is 5.64. The monoisotopic (exact) mass is 425 g/mol. The van der Waals surface area contributed by atoms with Gasteiger partial charge in [0, 0.05) is 18.1 Å². The summed E-state index contributed by atoms with van der Waals surface area (Å²) in [5.41, 5.74) is 6.88. The van der Waals surface area contributed by atoms with Crippen LogP contribution in [0.25, 0.3) is 16.7 Å². The first kappa shape index (κ1) is 19.9. The molecule has 0 atom stereocenters. The third-order valence-electron chi connectivity index (χ3n) is 5.64. The first-order valence-electron chi connectivity index (χ1n) is 10.4. The lowest BCUT2D eigenvalue weighted by molar-refractivity contribution is 0.125. The maximum atomic E-state index is 5.53. The van der Waals surface area contributed by atoms with Crippen LogP contribution in [0.1, 0.15) is 35.1 Å². The van der Waals surface area contributed by atoms with Gasteiger partial charge in [-0.25, -0.2) is 14.5 Å². The lowest BCUT2D eigenvalue weighted by Gasteiger charge is -2.07. The summed E-state index contributed by atoms with van der Waals surface area (Å²) in [6, 6.07) is 13.9. The Morgan fingerprint density at radius 2 is 1.91 bits per heavy atom. The van der Waals surface area contributed by atoms with Crippen molar-refractivity contribution in [2.45, 2.75) is 33.9 Å². The number of oxime groups is 1. The summed E-state index contributed by atoms with van der Waals surface area (Å²) >= 11 is 0. The molecule has 0 aliphatic heterocycles. The van der Waals surface area contributed by atoms with Gasteiger partial charge in [0.2, 0.25) is 0 Å². The van der Waals surface area contributed by atoms with E-state index in [9.17, 15) is 0 Å². The van der Waals surface area contributed by atoms with Gasteiger partial charge >= 0.3 is 0 Å². The van der Waals surface area contributed by atoms with Crippen LogP contribution in [0.15, 0.2) is 66.3 Å². The molecule has 0 saturated carbocycles. The molecule has 0 fully saturated rings. The van der Waals surface area contributed by atoms with Crippen molar-refractivity contribution in [1.82, 2.24) is 29.1 Å². The van der Waals surface area contributed by atoms with Crippen molar-refractivity contribution in [2.75, 3.05) is 0 Å². The molecule has 0 spiro atoms. The molecule has 0 saturated heterocycles. The van der Waals surface area contributed by atoms with E-state index in [2.05, 4.69) is 44.7 Å². The molecular weight excluding hydrogens is 402 g/mol. The molecule has 0 bridgehead atoms. The van der Waals surface area contributed by atoms with Crippen molar-refractivity contribution in [3.8, 4) is 0 Å². The number of aromatic nitrogens is 6. The second-order valence-electron chi connectivity index (χ2n) is 7.71. The van der Waals surface area contributed by atoms with Gasteiger partial charge in [-0.2, -0.15) is 0 Å². The number of aryl methyl sites for hydroxylation is 1. The molecule has 5 aromatic rings. The first-order valence-corrected chi connectivity index (χ1v) is 10.4. The highest BCUT2D eigenvalue weighted by Gasteiger charge is 2.18. The van der Waals surface area contributed by atoms with Gasteiger partial charge in [-0.1, -0.05) is 41.6 Å². The van der Waals surface area contributed by atoms with Crippen molar-refractivity contribution in [3.05, 3.63) is 89.4 Å². The first-order chi connectivity index (χ1) is 15.6. The summed E-state index contributed by atoms with van der Waals surface area (Å²) in [5.74, 6) is 0.556. The van der Waals surface area contributed by atoms with Gasteiger partial charge in [0.15, 0.2) is 18.1 Å². The Bertz CT molecular complexity index is 1420. The van der Waals surface area contributed by atoms with Crippen LogP contribution < -0.4 is 0 Å². The molecular formula is C24H23N7O. The van der Waals surface area contributed by atoms with Crippen LogP contribution in [0.2, 0.25) is 0 Å². The zero-order chi connectivity index (χ0) is 22.1. The molecule has 8 heteroatoms. The third kappa shape index (κ3) is 3.60. The molecule has 160 valence electrons. The molecule has 4 aromatic heterocycles. The molecule has 0 unspecified atom stereocenters. The second-order valence-corrected chi connectivity index (χ2v) is 7.71. The van der Waals surface area contributed by atoms with E-state index in [4.69, 9.17) is 9.82 Å². The van der Waals surface area contributed by atoms with Crippen LogP contribution in [0.5, 0.6) is 0 Å². The van der Waals surface area contributed by atoms with Crippen LogP contribution >= 0.6 is 0 Å². The van der Waals surface area contributed by atoms with Gasteiger partial charge in [-0.15, -0.1) is 5.10 Å². The average molecular weight is 425 g/mol. The number of nitrogens with zero attached hydrogens (tertiary/aromatic N) is 7. The smallest absolute Gasteiger partial charge is 0.192 e. The predicted molar refractivity (Wildman–Crippen MR) is 123 cm³/mol. The number of hydrogen-bond acceptors (Lipinski definition) is 6. The number of fused-ring (bicyclic) bond motifs is 3. The quantitative estimate of drug-likeness (QED) is 0.302. The van der Waals surface area contributed by atoms with Crippen LogP contribution in [0.3, 0.4) is 0 Å². The van der Waals surface area contributed by atoms with Gasteiger partial charge in [-0.3, -0.25) is 4.98 Å². The Morgan fingerprint density at radius 3 is 2.69 bits per heavy atom. The fraction of sp³-hybridized carbons (Fsp3) is 0.208. The largest absolute Gasteiger partial charge is 0.387 e. The zero-order valence-electron chi connectivity index (χ0n) is 18.2. The highest BCUT2D eigenvalue weighted by Crippen LogP contribution is 2.27. The molecule has 8 nitrogen and oxygen atoms in total. The van der Waals surface area contributed by atoms with E-state index in [0.717, 1.165) is 44.8 Å². The van der Waals surface area contributed by atoms with E-state index in [1.54, 1.807) is 17.0 Å². The summed E-state index contributed by atoms with van der Waals surface area (Å²) in [7, 11) is 0. The number of pyridine rings is 1. The standard InChI is InChI=1S/C24H23N7O/c1-16-18(3)30(13-19-8-7-11-25-12-19)23-22(16)24-27-21(28-31(24)15-26-23)14-32-29-17(2)20-9-5-4-6-10-20/h4-12,15H,13-14H2,1-3H3/b29-17-. The van der Waals surface area contributed by atoms with E-state index in [1.165, 1.54) is 0 Å². The maximum Gasteiger partial charge on any atom is 0.192 e. The molecule has 4 heterocycles. The summed E-state index contributed by atoms with van der Waals surface area (Å²) in [6.45, 7) is 6.99. The van der Waals surface area contributed by atoms with E-state index in [-0.39, 0.29) is 6.61 Å². The summed E-state index contributed by atoms with van der Waals surface area (Å²) in [5, 5.41) is 9.73. The van der Waals surface area contributed by atoms with E-state index < -0.39 is 0 Å². The average Bonchev–Trinajstić information content (AvgIpc) is 3.34. The minimum absolute atomic E-state index is 0.182. The van der Waals surface area contributed by atoms with E-state index >= 15 is 0 Å². The molecule has 0 radical (unpaired) electrons. The second kappa shape index (κ2) is 8.22. The maximum absolute atomic E-state index is 5.53. The number of hydrogen-bond donors (Lipinski definition) is 0. The van der Waals surface area contributed by atoms with Gasteiger partial charge in [0.05, 0.1) is 17.6 Å². The predicted octanol–water partition coefficient (Wildman–Crippen LogP) is 4.08. The van der Waals surface area contributed by atoms with E-state index in [0.29, 0.717) is 12.4 Å². The molecule has 0 amide bonds. The Hall–Kier alpha value is -4.07. The van der Waals surface area contributed by atoms with Crippen LogP contribution in [-0.4, -0.2) is 34.8 Å². The fourth-order valence-electron chi connectivity index (χ4n) is 3.82. The van der Waals surface area contributed by atoms with Gasteiger partial charge in [0.1, 0.15) is 12.0 Å². The Kier molecular flexibility index (Phi) is 5.10. The van der Waals surface area contributed by atoms with Crippen molar-refractivity contribution in [1.29, 1.82) is 0 Å². The van der Waals surface area contributed by atoms with Crippen LogP contribution in [-0.2, 0) is 18.0 Å². The van der Waals surface area contributed by atoms with Crippen LogP contribution in [0, 0.1) is 13.8 Å². The Morgan fingerprint density at radius 1 is 1.06 bits per heavy atom. The highest BCUT2D eigenvalue weighted by molar-refractivity contribution is 5.98. The van der Waals surface area contributed by atoms with Gasteiger partial charge in [0.25, 0.3) is 0 Å². The van der Waals surface area contributed by atoms with Crippen molar-refractivity contribution < 1.29 is 4.84 Å². The fourth-order valence-corrected chi connectivity index (χ4v) is 3.82. The van der Waals surface area contributed by atoms with Crippen molar-refractivity contribution >= 4 is 22.4 Å². The van der Waals surface area contributed by atoms with Crippen LogP contribution in [0.4, 0.5) is 0 Å². The van der Waals surface area contributed by atoms with Crippen molar-refractivity contribution in [2.24, 2.45) is 5.16 Å². The Labute approximate surface area is 185 Å². The van der Waals surface area contributed by atoms with Gasteiger partial charge < -0.3 is 9.40 Å². The Balaban J connectivity index is 1.45. The topological polar surface area (TPSA) is 82.5 Å². The molecule has 1 aromatic carbocycles. The lowest BCUT2D eigenvalue weighted by Crippen LogP contribution is -2.03. The SMILES string of the molecule is C/C(=N/OCc1nc2c3c(C)c(C)n(Cc4cccnc4)c3ncn2n1)c1ccccc1. The molecule has 0 N–H and O–H groups in total. The summed E-state index contributed by atoms with van der Waals surface area (Å²) in [6.07, 6.45) is 5.36. The minimum atomic E-state index is 0.182. The van der Waals surface area contributed by atoms with Crippen molar-refractivity contribution in [3.63, 3.8) is 0 Å². The number of benzene rings is 1. The summed E-state index contributed by atoms with van der Waals surface area (Å²) < 4.78 is 3.90. The molecule has 5 rings (SSSR count). The minimum Gasteiger partial charge on any atom is -0.387 e.